The third-order valence-corrected chi connectivity index (χ3v) is 3.36. The van der Waals surface area contributed by atoms with E-state index in [-0.39, 0.29) is 0 Å². The van der Waals surface area contributed by atoms with Crippen molar-refractivity contribution < 1.29 is 9.90 Å². The summed E-state index contributed by atoms with van der Waals surface area (Å²) in [5.74, 6) is -1.27. The molecule has 0 aliphatic heterocycles. The minimum Gasteiger partial charge on any atom is -0.481 e. The summed E-state index contributed by atoms with van der Waals surface area (Å²) in [6, 6.07) is 6.21. The van der Waals surface area contributed by atoms with Gasteiger partial charge in [-0.25, -0.2) is 0 Å². The lowest BCUT2D eigenvalue weighted by Crippen LogP contribution is -2.11. The molecule has 0 saturated carbocycles. The molecule has 0 saturated heterocycles. The fraction of sp³-hybridized carbons (Fsp3) is 0.357. The van der Waals surface area contributed by atoms with Gasteiger partial charge in [0, 0.05) is 23.6 Å². The number of carboxylic acids is 1. The highest BCUT2D eigenvalue weighted by molar-refractivity contribution is 5.87. The Balaban J connectivity index is 2.73. The Morgan fingerprint density at radius 1 is 1.29 bits per heavy atom. The Labute approximate surface area is 101 Å². The molecule has 1 N–H and O–H groups in total. The maximum absolute atomic E-state index is 11.1. The zero-order chi connectivity index (χ0) is 12.7. The molecule has 2 aromatic rings. The van der Waals surface area contributed by atoms with E-state index in [0.29, 0.717) is 0 Å². The van der Waals surface area contributed by atoms with Crippen molar-refractivity contribution in [2.24, 2.45) is 7.05 Å². The minimum absolute atomic E-state index is 0.480. The van der Waals surface area contributed by atoms with Crippen LogP contribution in [0.2, 0.25) is 0 Å². The predicted octanol–water partition coefficient (Wildman–Crippen LogP) is 2.98. The number of benzene rings is 1. The summed E-state index contributed by atoms with van der Waals surface area (Å²) in [5.41, 5.74) is 4.34. The van der Waals surface area contributed by atoms with Crippen molar-refractivity contribution in [3.8, 4) is 0 Å². The van der Waals surface area contributed by atoms with Crippen LogP contribution in [-0.4, -0.2) is 15.6 Å². The van der Waals surface area contributed by atoms with Crippen molar-refractivity contribution in [2.45, 2.75) is 26.7 Å². The second-order valence-electron chi connectivity index (χ2n) is 4.70. The van der Waals surface area contributed by atoms with E-state index in [0.717, 1.165) is 16.6 Å². The van der Waals surface area contributed by atoms with Crippen LogP contribution in [0.15, 0.2) is 18.2 Å². The van der Waals surface area contributed by atoms with Crippen molar-refractivity contribution in [3.05, 3.63) is 35.0 Å². The summed E-state index contributed by atoms with van der Waals surface area (Å²) < 4.78 is 1.98. The quantitative estimate of drug-likeness (QED) is 0.863. The van der Waals surface area contributed by atoms with E-state index in [1.807, 2.05) is 17.7 Å². The molecule has 2 rings (SSSR count). The standard InChI is InChI=1S/C14H17NO2/c1-8-5-9(2)11-7-12(10(3)14(16)17)15(4)13(11)6-8/h5-7,10H,1-4H3,(H,16,17). The van der Waals surface area contributed by atoms with Crippen molar-refractivity contribution in [3.63, 3.8) is 0 Å². The average molecular weight is 231 g/mol. The number of hydrogen-bond donors (Lipinski definition) is 1. The largest absolute Gasteiger partial charge is 0.481 e. The van der Waals surface area contributed by atoms with E-state index in [1.165, 1.54) is 11.1 Å². The molecule has 3 heteroatoms. The van der Waals surface area contributed by atoms with Gasteiger partial charge >= 0.3 is 5.97 Å². The van der Waals surface area contributed by atoms with E-state index in [2.05, 4.69) is 26.0 Å². The number of hydrogen-bond acceptors (Lipinski definition) is 1. The molecule has 1 unspecified atom stereocenters. The van der Waals surface area contributed by atoms with Gasteiger partial charge in [0.25, 0.3) is 0 Å². The van der Waals surface area contributed by atoms with E-state index in [4.69, 9.17) is 5.11 Å². The number of aromatic nitrogens is 1. The molecule has 0 amide bonds. The summed E-state index contributed by atoms with van der Waals surface area (Å²) in [6.07, 6.45) is 0. The molecule has 0 fully saturated rings. The van der Waals surface area contributed by atoms with Crippen molar-refractivity contribution in [2.75, 3.05) is 0 Å². The first-order chi connectivity index (χ1) is 7.91. The first-order valence-electron chi connectivity index (χ1n) is 5.71. The zero-order valence-electron chi connectivity index (χ0n) is 10.6. The molecule has 0 spiro atoms. The molecule has 0 radical (unpaired) electrons. The maximum atomic E-state index is 11.1. The summed E-state index contributed by atoms with van der Waals surface area (Å²) in [6.45, 7) is 5.84. The van der Waals surface area contributed by atoms with Crippen LogP contribution in [-0.2, 0) is 11.8 Å². The summed E-state index contributed by atoms with van der Waals surface area (Å²) in [4.78, 5) is 11.1. The number of aryl methyl sites for hydroxylation is 3. The Hall–Kier alpha value is -1.77. The summed E-state index contributed by atoms with van der Waals surface area (Å²) in [5, 5.41) is 10.2. The second-order valence-corrected chi connectivity index (χ2v) is 4.70. The van der Waals surface area contributed by atoms with Crippen LogP contribution < -0.4 is 0 Å². The molecule has 1 atom stereocenters. The van der Waals surface area contributed by atoms with Gasteiger partial charge in [-0.05, 0) is 44.0 Å². The highest BCUT2D eigenvalue weighted by atomic mass is 16.4. The predicted molar refractivity (Wildman–Crippen MR) is 68.4 cm³/mol. The lowest BCUT2D eigenvalue weighted by molar-refractivity contribution is -0.138. The second kappa shape index (κ2) is 3.91. The van der Waals surface area contributed by atoms with Crippen molar-refractivity contribution in [1.82, 2.24) is 4.57 Å². The highest BCUT2D eigenvalue weighted by Gasteiger charge is 2.19. The van der Waals surface area contributed by atoms with E-state index < -0.39 is 11.9 Å². The Kier molecular flexibility index (Phi) is 2.69. The molecular weight excluding hydrogens is 214 g/mol. The van der Waals surface area contributed by atoms with Crippen molar-refractivity contribution in [1.29, 1.82) is 0 Å². The monoisotopic (exact) mass is 231 g/mol. The molecule has 17 heavy (non-hydrogen) atoms. The highest BCUT2D eigenvalue weighted by Crippen LogP contribution is 2.28. The van der Waals surface area contributed by atoms with Crippen LogP contribution in [0.4, 0.5) is 0 Å². The third-order valence-electron chi connectivity index (χ3n) is 3.36. The first-order valence-corrected chi connectivity index (χ1v) is 5.71. The first kappa shape index (κ1) is 11.7. The van der Waals surface area contributed by atoms with Gasteiger partial charge in [0.1, 0.15) is 0 Å². The SMILES string of the molecule is Cc1cc(C)c2cc(C(C)C(=O)O)n(C)c2c1. The lowest BCUT2D eigenvalue weighted by atomic mass is 10.1. The normalized spacial score (nSPS) is 12.9. The fourth-order valence-corrected chi connectivity index (χ4v) is 2.35. The third kappa shape index (κ3) is 1.82. The van der Waals surface area contributed by atoms with Gasteiger partial charge in [-0.2, -0.15) is 0 Å². The van der Waals surface area contributed by atoms with Gasteiger partial charge in [-0.15, -0.1) is 0 Å². The summed E-state index contributed by atoms with van der Waals surface area (Å²) in [7, 11) is 1.93. The Morgan fingerprint density at radius 3 is 2.53 bits per heavy atom. The zero-order valence-corrected chi connectivity index (χ0v) is 10.6. The molecule has 90 valence electrons. The number of carbonyl (C=O) groups is 1. The van der Waals surface area contributed by atoms with Crippen LogP contribution >= 0.6 is 0 Å². The van der Waals surface area contributed by atoms with Crippen molar-refractivity contribution >= 4 is 16.9 Å². The van der Waals surface area contributed by atoms with Gasteiger partial charge in [-0.3, -0.25) is 4.79 Å². The van der Waals surface area contributed by atoms with Crippen LogP contribution in [0, 0.1) is 13.8 Å². The van der Waals surface area contributed by atoms with E-state index >= 15 is 0 Å². The van der Waals surface area contributed by atoms with Gasteiger partial charge in [0.15, 0.2) is 0 Å². The number of carboxylic acid groups (broad SMARTS) is 1. The number of aliphatic carboxylic acids is 1. The molecule has 0 aliphatic carbocycles. The number of nitrogens with zero attached hydrogens (tertiary/aromatic N) is 1. The fourth-order valence-electron chi connectivity index (χ4n) is 2.35. The van der Waals surface area contributed by atoms with Gasteiger partial charge in [0.05, 0.1) is 5.92 Å². The smallest absolute Gasteiger partial charge is 0.312 e. The van der Waals surface area contributed by atoms with E-state index in [1.54, 1.807) is 6.92 Å². The molecular formula is C14H17NO2. The molecule has 3 nitrogen and oxygen atoms in total. The Bertz CT molecular complexity index is 596. The van der Waals surface area contributed by atoms with Gasteiger partial charge < -0.3 is 9.67 Å². The lowest BCUT2D eigenvalue weighted by Gasteiger charge is -2.08. The maximum Gasteiger partial charge on any atom is 0.312 e. The molecule has 0 bridgehead atoms. The summed E-state index contributed by atoms with van der Waals surface area (Å²) >= 11 is 0. The average Bonchev–Trinajstić information content (AvgIpc) is 2.56. The topological polar surface area (TPSA) is 42.2 Å². The molecule has 1 aromatic heterocycles. The number of rotatable bonds is 2. The van der Waals surface area contributed by atoms with Gasteiger partial charge in [-0.1, -0.05) is 6.07 Å². The molecule has 1 heterocycles. The minimum atomic E-state index is -0.787. The van der Waals surface area contributed by atoms with Crippen LogP contribution in [0.3, 0.4) is 0 Å². The Morgan fingerprint density at radius 2 is 1.94 bits per heavy atom. The molecule has 0 aliphatic rings. The van der Waals surface area contributed by atoms with Crippen LogP contribution in [0.5, 0.6) is 0 Å². The number of fused-ring (bicyclic) bond motifs is 1. The van der Waals surface area contributed by atoms with Gasteiger partial charge in [0.2, 0.25) is 0 Å². The van der Waals surface area contributed by atoms with Crippen LogP contribution in [0.25, 0.3) is 10.9 Å². The molecule has 1 aromatic carbocycles. The van der Waals surface area contributed by atoms with E-state index in [9.17, 15) is 4.79 Å². The van der Waals surface area contributed by atoms with Crippen LogP contribution in [0.1, 0.15) is 29.7 Å².